The quantitative estimate of drug-likeness (QED) is 0.792. The van der Waals surface area contributed by atoms with Crippen LogP contribution in [0.4, 0.5) is 5.69 Å². The number of carbonyl (C=O) groups is 1. The maximum absolute atomic E-state index is 11.5. The smallest absolute Gasteiger partial charge is 0.328 e. The van der Waals surface area contributed by atoms with Gasteiger partial charge in [-0.15, -0.1) is 0 Å². The predicted octanol–water partition coefficient (Wildman–Crippen LogP) is 1.93. The number of fused-ring (bicyclic) bond motifs is 1. The summed E-state index contributed by atoms with van der Waals surface area (Å²) in [5.74, 6) is -0.250. The summed E-state index contributed by atoms with van der Waals surface area (Å²) in [7, 11) is 1.39. The molecular weight excluding hydrogens is 218 g/mol. The third-order valence-corrected chi connectivity index (χ3v) is 2.68. The van der Waals surface area contributed by atoms with E-state index in [-0.39, 0.29) is 12.0 Å². The van der Waals surface area contributed by atoms with Crippen molar-refractivity contribution in [2.24, 2.45) is 0 Å². The van der Waals surface area contributed by atoms with Crippen molar-refractivity contribution >= 4 is 22.6 Å². The van der Waals surface area contributed by atoms with E-state index < -0.39 is 0 Å². The van der Waals surface area contributed by atoms with Gasteiger partial charge in [0.25, 0.3) is 0 Å². The van der Waals surface area contributed by atoms with Crippen LogP contribution in [0.3, 0.4) is 0 Å². The van der Waals surface area contributed by atoms with Gasteiger partial charge in [-0.2, -0.15) is 5.10 Å². The standard InChI is InChI=1S/C12H15N3O2/c1-3-10(12(16)17-2)14-9-4-5-11-8(6-9)7-13-15-11/h4-7,10,14H,3H2,1-2H3,(H,13,15). The second-order valence-electron chi connectivity index (χ2n) is 3.80. The summed E-state index contributed by atoms with van der Waals surface area (Å²) < 4.78 is 4.73. The molecule has 0 radical (unpaired) electrons. The normalized spacial score (nSPS) is 12.4. The Morgan fingerprint density at radius 3 is 3.12 bits per heavy atom. The van der Waals surface area contributed by atoms with Crippen LogP contribution in [-0.2, 0) is 9.53 Å². The molecular formula is C12H15N3O2. The number of rotatable bonds is 4. The lowest BCUT2D eigenvalue weighted by atomic mass is 10.2. The lowest BCUT2D eigenvalue weighted by Gasteiger charge is -2.15. The van der Waals surface area contributed by atoms with Crippen molar-refractivity contribution in [3.63, 3.8) is 0 Å². The highest BCUT2D eigenvalue weighted by Gasteiger charge is 2.16. The first kappa shape index (κ1) is 11.4. The van der Waals surface area contributed by atoms with Gasteiger partial charge in [0.05, 0.1) is 18.8 Å². The number of hydrogen-bond donors (Lipinski definition) is 2. The lowest BCUT2D eigenvalue weighted by molar-refractivity contribution is -0.141. The minimum Gasteiger partial charge on any atom is -0.467 e. The molecule has 1 aromatic carbocycles. The molecule has 0 aliphatic rings. The van der Waals surface area contributed by atoms with E-state index >= 15 is 0 Å². The average Bonchev–Trinajstić information content (AvgIpc) is 2.82. The Balaban J connectivity index is 2.18. The van der Waals surface area contributed by atoms with Crippen LogP contribution in [0, 0.1) is 0 Å². The maximum atomic E-state index is 11.5. The number of carbonyl (C=O) groups excluding carboxylic acids is 1. The molecule has 5 heteroatoms. The number of hydrogen-bond acceptors (Lipinski definition) is 4. The number of nitrogens with zero attached hydrogens (tertiary/aromatic N) is 1. The van der Waals surface area contributed by atoms with Crippen molar-refractivity contribution in [2.45, 2.75) is 19.4 Å². The number of esters is 1. The third kappa shape index (κ3) is 2.38. The van der Waals surface area contributed by atoms with Gasteiger partial charge >= 0.3 is 5.97 Å². The van der Waals surface area contributed by atoms with Gasteiger partial charge in [-0.25, -0.2) is 4.79 Å². The molecule has 17 heavy (non-hydrogen) atoms. The van der Waals surface area contributed by atoms with Crippen molar-refractivity contribution < 1.29 is 9.53 Å². The number of ether oxygens (including phenoxy) is 1. The lowest BCUT2D eigenvalue weighted by Crippen LogP contribution is -2.29. The van der Waals surface area contributed by atoms with E-state index in [4.69, 9.17) is 4.74 Å². The molecule has 0 spiro atoms. The third-order valence-electron chi connectivity index (χ3n) is 2.68. The Hall–Kier alpha value is -2.04. The van der Waals surface area contributed by atoms with E-state index in [1.54, 1.807) is 6.20 Å². The van der Waals surface area contributed by atoms with Crippen molar-refractivity contribution in [2.75, 3.05) is 12.4 Å². The predicted molar refractivity (Wildman–Crippen MR) is 65.8 cm³/mol. The topological polar surface area (TPSA) is 67.0 Å². The molecule has 0 amide bonds. The van der Waals surface area contributed by atoms with E-state index in [9.17, 15) is 4.79 Å². The van der Waals surface area contributed by atoms with Crippen LogP contribution in [0.1, 0.15) is 13.3 Å². The number of nitrogens with one attached hydrogen (secondary N) is 2. The van der Waals surface area contributed by atoms with Crippen molar-refractivity contribution in [3.8, 4) is 0 Å². The van der Waals surface area contributed by atoms with Gasteiger partial charge in [-0.1, -0.05) is 6.92 Å². The second kappa shape index (κ2) is 4.86. The van der Waals surface area contributed by atoms with E-state index in [2.05, 4.69) is 15.5 Å². The minimum atomic E-state index is -0.315. The molecule has 0 aliphatic heterocycles. The van der Waals surface area contributed by atoms with Crippen molar-refractivity contribution in [1.29, 1.82) is 0 Å². The number of aromatic amines is 1. The van der Waals surface area contributed by atoms with Gasteiger partial charge in [0.15, 0.2) is 0 Å². The number of benzene rings is 1. The monoisotopic (exact) mass is 233 g/mol. The van der Waals surface area contributed by atoms with Gasteiger partial charge in [-0.05, 0) is 24.6 Å². The van der Waals surface area contributed by atoms with Crippen LogP contribution in [-0.4, -0.2) is 29.3 Å². The maximum Gasteiger partial charge on any atom is 0.328 e. The van der Waals surface area contributed by atoms with Crippen LogP contribution in [0.5, 0.6) is 0 Å². The molecule has 90 valence electrons. The highest BCUT2D eigenvalue weighted by molar-refractivity contribution is 5.84. The highest BCUT2D eigenvalue weighted by atomic mass is 16.5. The second-order valence-corrected chi connectivity index (χ2v) is 3.80. The zero-order chi connectivity index (χ0) is 12.3. The molecule has 2 rings (SSSR count). The fraction of sp³-hybridized carbons (Fsp3) is 0.333. The van der Waals surface area contributed by atoms with E-state index in [0.717, 1.165) is 16.6 Å². The van der Waals surface area contributed by atoms with Crippen LogP contribution < -0.4 is 5.32 Å². The molecule has 1 aromatic heterocycles. The molecule has 0 fully saturated rings. The zero-order valence-corrected chi connectivity index (χ0v) is 9.86. The van der Waals surface area contributed by atoms with Crippen LogP contribution >= 0.6 is 0 Å². The summed E-state index contributed by atoms with van der Waals surface area (Å²) in [4.78, 5) is 11.5. The first-order chi connectivity index (χ1) is 8.24. The van der Waals surface area contributed by atoms with Gasteiger partial charge < -0.3 is 10.1 Å². The first-order valence-corrected chi connectivity index (χ1v) is 5.52. The molecule has 1 unspecified atom stereocenters. The van der Waals surface area contributed by atoms with E-state index in [0.29, 0.717) is 6.42 Å². The number of H-pyrrole nitrogens is 1. The molecule has 1 heterocycles. The summed E-state index contributed by atoms with van der Waals surface area (Å²) in [6.07, 6.45) is 2.43. The fourth-order valence-corrected chi connectivity index (χ4v) is 1.70. The Kier molecular flexibility index (Phi) is 3.27. The Bertz CT molecular complexity index is 521. The molecule has 0 saturated heterocycles. The Labute approximate surface area is 99.2 Å². The Morgan fingerprint density at radius 2 is 2.41 bits per heavy atom. The molecule has 0 saturated carbocycles. The summed E-state index contributed by atoms with van der Waals surface area (Å²) in [5, 5.41) is 11.0. The molecule has 0 bridgehead atoms. The SMILES string of the molecule is CCC(Nc1ccc2[nH]ncc2c1)C(=O)OC. The summed E-state index contributed by atoms with van der Waals surface area (Å²) in [6, 6.07) is 5.47. The fourth-order valence-electron chi connectivity index (χ4n) is 1.70. The van der Waals surface area contributed by atoms with Crippen LogP contribution in [0.2, 0.25) is 0 Å². The van der Waals surface area contributed by atoms with E-state index in [1.807, 2.05) is 25.1 Å². The molecule has 2 N–H and O–H groups in total. The molecule has 5 nitrogen and oxygen atoms in total. The van der Waals surface area contributed by atoms with Crippen molar-refractivity contribution in [1.82, 2.24) is 10.2 Å². The highest BCUT2D eigenvalue weighted by Crippen LogP contribution is 2.18. The van der Waals surface area contributed by atoms with Gasteiger partial charge in [0.2, 0.25) is 0 Å². The summed E-state index contributed by atoms with van der Waals surface area (Å²) in [6.45, 7) is 1.94. The average molecular weight is 233 g/mol. The number of anilines is 1. The minimum absolute atomic E-state index is 0.250. The number of aromatic nitrogens is 2. The first-order valence-electron chi connectivity index (χ1n) is 5.52. The summed E-state index contributed by atoms with van der Waals surface area (Å²) in [5.41, 5.74) is 1.86. The number of methoxy groups -OCH3 is 1. The van der Waals surface area contributed by atoms with Crippen molar-refractivity contribution in [3.05, 3.63) is 24.4 Å². The Morgan fingerprint density at radius 1 is 1.59 bits per heavy atom. The van der Waals surface area contributed by atoms with E-state index in [1.165, 1.54) is 7.11 Å². The van der Waals surface area contributed by atoms with Gasteiger partial charge in [-0.3, -0.25) is 5.10 Å². The molecule has 0 aliphatic carbocycles. The largest absolute Gasteiger partial charge is 0.467 e. The van der Waals surface area contributed by atoms with Crippen LogP contribution in [0.15, 0.2) is 24.4 Å². The molecule has 1 atom stereocenters. The molecule has 2 aromatic rings. The van der Waals surface area contributed by atoms with Gasteiger partial charge in [0.1, 0.15) is 6.04 Å². The van der Waals surface area contributed by atoms with Gasteiger partial charge in [0, 0.05) is 11.1 Å². The van der Waals surface area contributed by atoms with Crippen LogP contribution in [0.25, 0.3) is 10.9 Å². The summed E-state index contributed by atoms with van der Waals surface area (Å²) >= 11 is 0. The zero-order valence-electron chi connectivity index (χ0n) is 9.86.